The molecule has 1 heterocycles. The lowest BCUT2D eigenvalue weighted by molar-refractivity contribution is -0.156. The Morgan fingerprint density at radius 2 is 1.90 bits per heavy atom. The molecule has 1 aliphatic rings. The summed E-state index contributed by atoms with van der Waals surface area (Å²) in [6.07, 6.45) is 5.39. The maximum Gasteiger partial charge on any atom is 0.326 e. The number of thioether (sulfide) groups is 1. The van der Waals surface area contributed by atoms with Gasteiger partial charge in [0.1, 0.15) is 18.5 Å². The summed E-state index contributed by atoms with van der Waals surface area (Å²) >= 11 is 1.71. The van der Waals surface area contributed by atoms with E-state index < -0.39 is 0 Å². The van der Waals surface area contributed by atoms with Crippen molar-refractivity contribution in [3.05, 3.63) is 48.5 Å². The lowest BCUT2D eigenvalue weighted by Gasteiger charge is -2.36. The molecule has 1 aliphatic carbocycles. The van der Waals surface area contributed by atoms with Gasteiger partial charge in [-0.05, 0) is 61.1 Å². The first kappa shape index (κ1) is 21.9. The van der Waals surface area contributed by atoms with Gasteiger partial charge in [-0.1, -0.05) is 51.5 Å². The SMILES string of the molecule is CSc1ccc(-c2nc3ccccc3n2CC(=O)OC2C[C@H](C)CC[C@H]2C(C)C)cc1. The largest absolute Gasteiger partial charge is 0.461 e. The molecule has 1 unspecified atom stereocenters. The van der Waals surface area contributed by atoms with E-state index >= 15 is 0 Å². The first-order valence-electron chi connectivity index (χ1n) is 11.3. The minimum absolute atomic E-state index is 0.00958. The van der Waals surface area contributed by atoms with Crippen molar-refractivity contribution in [3.63, 3.8) is 0 Å². The zero-order valence-corrected chi connectivity index (χ0v) is 19.7. The summed E-state index contributed by atoms with van der Waals surface area (Å²) in [6, 6.07) is 16.3. The van der Waals surface area contributed by atoms with Crippen molar-refractivity contribution in [2.45, 2.75) is 57.6 Å². The Kier molecular flexibility index (Phi) is 6.71. The van der Waals surface area contributed by atoms with Crippen LogP contribution in [-0.2, 0) is 16.1 Å². The molecule has 0 saturated heterocycles. The van der Waals surface area contributed by atoms with Crippen molar-refractivity contribution in [2.24, 2.45) is 17.8 Å². The number of esters is 1. The van der Waals surface area contributed by atoms with Gasteiger partial charge in [-0.15, -0.1) is 11.8 Å². The van der Waals surface area contributed by atoms with Gasteiger partial charge in [-0.2, -0.15) is 0 Å². The van der Waals surface area contributed by atoms with E-state index in [1.54, 1.807) is 11.8 Å². The lowest BCUT2D eigenvalue weighted by atomic mass is 9.75. The molecule has 1 aromatic heterocycles. The van der Waals surface area contributed by atoms with Crippen LogP contribution in [0.2, 0.25) is 0 Å². The number of hydrogen-bond acceptors (Lipinski definition) is 4. The number of aromatic nitrogens is 2. The fraction of sp³-hybridized carbons (Fsp3) is 0.462. The standard InChI is InChI=1S/C26H32N2O2S/c1-17(2)21-14-9-18(3)15-24(21)30-25(29)16-28-23-8-6-5-7-22(23)27-26(28)19-10-12-20(31-4)13-11-19/h5-8,10-13,17-18,21,24H,9,14-16H2,1-4H3/t18-,21+,24?/m1/s1. The molecule has 4 rings (SSSR count). The van der Waals surface area contributed by atoms with Crippen molar-refractivity contribution in [1.82, 2.24) is 9.55 Å². The van der Waals surface area contributed by atoms with Crippen molar-refractivity contribution in [2.75, 3.05) is 6.26 Å². The van der Waals surface area contributed by atoms with E-state index in [9.17, 15) is 4.79 Å². The molecule has 0 aliphatic heterocycles. The molecule has 1 saturated carbocycles. The first-order chi connectivity index (χ1) is 15.0. The summed E-state index contributed by atoms with van der Waals surface area (Å²) in [4.78, 5) is 19.2. The van der Waals surface area contributed by atoms with E-state index in [0.29, 0.717) is 17.8 Å². The zero-order valence-electron chi connectivity index (χ0n) is 18.9. The summed E-state index contributed by atoms with van der Waals surface area (Å²) in [5, 5.41) is 0. The van der Waals surface area contributed by atoms with Crippen LogP contribution in [0.3, 0.4) is 0 Å². The normalized spacial score (nSPS) is 21.5. The summed E-state index contributed by atoms with van der Waals surface area (Å²) < 4.78 is 8.10. The Morgan fingerprint density at radius 1 is 1.16 bits per heavy atom. The van der Waals surface area contributed by atoms with Crippen molar-refractivity contribution in [3.8, 4) is 11.4 Å². The highest BCUT2D eigenvalue weighted by molar-refractivity contribution is 7.98. The van der Waals surface area contributed by atoms with Crippen molar-refractivity contribution in [1.29, 1.82) is 0 Å². The van der Waals surface area contributed by atoms with Gasteiger partial charge in [0, 0.05) is 10.5 Å². The van der Waals surface area contributed by atoms with Gasteiger partial charge in [-0.25, -0.2) is 4.98 Å². The first-order valence-corrected chi connectivity index (χ1v) is 12.5. The molecule has 2 aromatic carbocycles. The highest BCUT2D eigenvalue weighted by atomic mass is 32.2. The second kappa shape index (κ2) is 9.47. The number of benzene rings is 2. The summed E-state index contributed by atoms with van der Waals surface area (Å²) in [5.74, 6) is 2.20. The van der Waals surface area contributed by atoms with Gasteiger partial charge in [0.25, 0.3) is 0 Å². The quantitative estimate of drug-likeness (QED) is 0.330. The van der Waals surface area contributed by atoms with Crippen LogP contribution >= 0.6 is 11.8 Å². The average Bonchev–Trinajstić information content (AvgIpc) is 3.12. The molecule has 3 aromatic rings. The predicted molar refractivity (Wildman–Crippen MR) is 128 cm³/mol. The van der Waals surface area contributed by atoms with Crippen LogP contribution in [-0.4, -0.2) is 27.9 Å². The smallest absolute Gasteiger partial charge is 0.326 e. The number of carbonyl (C=O) groups excluding carboxylic acids is 1. The van der Waals surface area contributed by atoms with Gasteiger partial charge in [0.2, 0.25) is 0 Å². The van der Waals surface area contributed by atoms with Gasteiger partial charge < -0.3 is 9.30 Å². The van der Waals surface area contributed by atoms with Gasteiger partial charge in [0.15, 0.2) is 0 Å². The molecule has 0 bridgehead atoms. The fourth-order valence-electron chi connectivity index (χ4n) is 4.78. The second-order valence-corrected chi connectivity index (χ2v) is 9.97. The van der Waals surface area contributed by atoms with Gasteiger partial charge >= 0.3 is 5.97 Å². The molecule has 5 heteroatoms. The number of hydrogen-bond donors (Lipinski definition) is 0. The fourth-order valence-corrected chi connectivity index (χ4v) is 5.19. The highest BCUT2D eigenvalue weighted by Gasteiger charge is 2.33. The number of rotatable bonds is 6. The summed E-state index contributed by atoms with van der Waals surface area (Å²) in [7, 11) is 0. The van der Waals surface area contributed by atoms with Crippen LogP contribution in [0.5, 0.6) is 0 Å². The van der Waals surface area contributed by atoms with Crippen LogP contribution in [0.1, 0.15) is 40.0 Å². The van der Waals surface area contributed by atoms with Crippen LogP contribution in [0.4, 0.5) is 0 Å². The summed E-state index contributed by atoms with van der Waals surface area (Å²) in [6.45, 7) is 6.91. The minimum Gasteiger partial charge on any atom is -0.461 e. The molecular formula is C26H32N2O2S. The van der Waals surface area contributed by atoms with E-state index in [2.05, 4.69) is 51.3 Å². The van der Waals surface area contributed by atoms with Gasteiger partial charge in [0.05, 0.1) is 11.0 Å². The maximum atomic E-state index is 13.1. The topological polar surface area (TPSA) is 44.1 Å². The third-order valence-corrected chi connectivity index (χ3v) is 7.28. The molecule has 0 spiro atoms. The molecule has 0 N–H and O–H groups in total. The van der Waals surface area contributed by atoms with Gasteiger partial charge in [-0.3, -0.25) is 4.79 Å². The molecule has 31 heavy (non-hydrogen) atoms. The molecule has 0 radical (unpaired) electrons. The zero-order chi connectivity index (χ0) is 22.0. The van der Waals surface area contributed by atoms with Crippen molar-refractivity contribution < 1.29 is 9.53 Å². The van der Waals surface area contributed by atoms with Crippen LogP contribution in [0.25, 0.3) is 22.4 Å². The average molecular weight is 437 g/mol. The molecule has 164 valence electrons. The third kappa shape index (κ3) is 4.82. The number of fused-ring (bicyclic) bond motifs is 1. The Hall–Kier alpha value is -2.27. The molecule has 0 amide bonds. The number of imidazole rings is 1. The number of nitrogens with zero attached hydrogens (tertiary/aromatic N) is 2. The van der Waals surface area contributed by atoms with E-state index in [0.717, 1.165) is 35.3 Å². The van der Waals surface area contributed by atoms with E-state index in [-0.39, 0.29) is 18.6 Å². The maximum absolute atomic E-state index is 13.1. The third-order valence-electron chi connectivity index (χ3n) is 6.53. The molecule has 1 fully saturated rings. The number of ether oxygens (including phenoxy) is 1. The predicted octanol–water partition coefficient (Wildman–Crippen LogP) is 6.43. The Labute approximate surface area is 189 Å². The second-order valence-electron chi connectivity index (χ2n) is 9.09. The highest BCUT2D eigenvalue weighted by Crippen LogP contribution is 2.35. The minimum atomic E-state index is -0.171. The summed E-state index contributed by atoms with van der Waals surface area (Å²) in [5.41, 5.74) is 2.86. The van der Waals surface area contributed by atoms with Crippen molar-refractivity contribution >= 4 is 28.8 Å². The van der Waals surface area contributed by atoms with E-state index in [1.165, 1.54) is 11.3 Å². The lowest BCUT2D eigenvalue weighted by Crippen LogP contribution is -2.36. The van der Waals surface area contributed by atoms with E-state index in [1.807, 2.05) is 28.8 Å². The number of carbonyl (C=O) groups is 1. The van der Waals surface area contributed by atoms with Crippen LogP contribution in [0, 0.1) is 17.8 Å². The Balaban J connectivity index is 1.61. The van der Waals surface area contributed by atoms with E-state index in [4.69, 9.17) is 9.72 Å². The Bertz CT molecular complexity index is 1040. The monoisotopic (exact) mass is 436 g/mol. The number of para-hydroxylation sites is 2. The molecular weight excluding hydrogens is 404 g/mol. The molecule has 3 atom stereocenters. The Morgan fingerprint density at radius 3 is 2.61 bits per heavy atom. The molecule has 4 nitrogen and oxygen atoms in total. The van der Waals surface area contributed by atoms with Crippen LogP contribution < -0.4 is 0 Å². The van der Waals surface area contributed by atoms with Crippen LogP contribution in [0.15, 0.2) is 53.4 Å².